The van der Waals surface area contributed by atoms with E-state index in [1.54, 1.807) is 6.07 Å². The molecule has 0 unspecified atom stereocenters. The van der Waals surface area contributed by atoms with Crippen LogP contribution < -0.4 is 10.1 Å². The molecule has 1 fully saturated rings. The lowest BCUT2D eigenvalue weighted by atomic mass is 9.97. The third-order valence-corrected chi connectivity index (χ3v) is 8.12. The number of carbonyl (C=O) groups excluding carboxylic acids is 1. The minimum Gasteiger partial charge on any atom is -0.492 e. The summed E-state index contributed by atoms with van der Waals surface area (Å²) in [7, 11) is -3.51. The molecule has 0 bridgehead atoms. The number of piperidine rings is 1. The van der Waals surface area contributed by atoms with E-state index in [9.17, 15) is 13.2 Å². The van der Waals surface area contributed by atoms with Crippen LogP contribution in [-0.2, 0) is 27.7 Å². The first kappa shape index (κ1) is 21.8. The molecule has 2 aromatic rings. The van der Waals surface area contributed by atoms with E-state index in [0.29, 0.717) is 44.0 Å². The van der Waals surface area contributed by atoms with Gasteiger partial charge in [0.15, 0.2) is 0 Å². The maximum absolute atomic E-state index is 13.0. The lowest BCUT2D eigenvalue weighted by Crippen LogP contribution is -2.43. The van der Waals surface area contributed by atoms with Gasteiger partial charge in [0.05, 0.1) is 11.4 Å². The first-order valence-electron chi connectivity index (χ1n) is 11.0. The van der Waals surface area contributed by atoms with Crippen LogP contribution in [0.3, 0.4) is 0 Å². The largest absolute Gasteiger partial charge is 0.492 e. The number of aryl methyl sites for hydroxylation is 3. The van der Waals surface area contributed by atoms with Gasteiger partial charge in [0.1, 0.15) is 12.4 Å². The molecule has 2 aliphatic rings. The number of amides is 1. The number of sulfonamides is 1. The first-order chi connectivity index (χ1) is 14.9. The van der Waals surface area contributed by atoms with Gasteiger partial charge in [-0.1, -0.05) is 23.8 Å². The van der Waals surface area contributed by atoms with Gasteiger partial charge in [-0.15, -0.1) is 0 Å². The second kappa shape index (κ2) is 9.40. The number of ether oxygens (including phenoxy) is 1. The smallest absolute Gasteiger partial charge is 0.243 e. The van der Waals surface area contributed by atoms with Gasteiger partial charge in [0.2, 0.25) is 15.9 Å². The van der Waals surface area contributed by atoms with Crippen molar-refractivity contribution >= 4 is 15.9 Å². The van der Waals surface area contributed by atoms with Gasteiger partial charge in [-0.3, -0.25) is 4.79 Å². The maximum Gasteiger partial charge on any atom is 0.243 e. The van der Waals surface area contributed by atoms with Gasteiger partial charge in [0.25, 0.3) is 0 Å². The van der Waals surface area contributed by atoms with Crippen LogP contribution >= 0.6 is 0 Å². The molecule has 1 amide bonds. The summed E-state index contributed by atoms with van der Waals surface area (Å²) in [5.41, 5.74) is 3.59. The van der Waals surface area contributed by atoms with Crippen molar-refractivity contribution < 1.29 is 17.9 Å². The number of rotatable bonds is 7. The Hall–Kier alpha value is -2.38. The molecule has 1 aliphatic carbocycles. The Morgan fingerprint density at radius 2 is 1.77 bits per heavy atom. The second-order valence-electron chi connectivity index (χ2n) is 8.41. The van der Waals surface area contributed by atoms with E-state index >= 15 is 0 Å². The molecule has 4 rings (SSSR count). The highest BCUT2D eigenvalue weighted by molar-refractivity contribution is 7.89. The quantitative estimate of drug-likeness (QED) is 0.669. The van der Waals surface area contributed by atoms with Crippen LogP contribution in [0.4, 0.5) is 0 Å². The predicted molar refractivity (Wildman–Crippen MR) is 120 cm³/mol. The van der Waals surface area contributed by atoms with Crippen LogP contribution in [-0.4, -0.2) is 44.9 Å². The van der Waals surface area contributed by atoms with E-state index in [1.165, 1.54) is 15.4 Å². The summed E-state index contributed by atoms with van der Waals surface area (Å²) in [6, 6.07) is 13.3. The Balaban J connectivity index is 1.24. The Labute approximate surface area is 184 Å². The van der Waals surface area contributed by atoms with Crippen LogP contribution in [0, 0.1) is 12.8 Å². The standard InChI is InChI=1S/C24H30N2O4S/c1-18-5-8-22(9-6-18)30-16-13-25-24(27)20-11-14-26(15-12-20)31(28,29)23-10-7-19-3-2-4-21(19)17-23/h5-10,17,20H,2-4,11-16H2,1H3,(H,25,27). The molecular formula is C24H30N2O4S. The highest BCUT2D eigenvalue weighted by atomic mass is 32.2. The number of fused-ring (bicyclic) bond motifs is 1. The summed E-state index contributed by atoms with van der Waals surface area (Å²) < 4.78 is 33.2. The van der Waals surface area contributed by atoms with Crippen molar-refractivity contribution in [3.05, 3.63) is 59.2 Å². The van der Waals surface area contributed by atoms with Crippen LogP contribution in [0.1, 0.15) is 36.0 Å². The summed E-state index contributed by atoms with van der Waals surface area (Å²) in [5, 5.41) is 2.92. The zero-order chi connectivity index (χ0) is 21.8. The van der Waals surface area contributed by atoms with Crippen molar-refractivity contribution in [3.8, 4) is 5.75 Å². The number of hydrogen-bond donors (Lipinski definition) is 1. The van der Waals surface area contributed by atoms with Crippen molar-refractivity contribution in [2.45, 2.75) is 43.9 Å². The molecule has 0 radical (unpaired) electrons. The minimum absolute atomic E-state index is 0.0258. The summed E-state index contributed by atoms with van der Waals surface area (Å²) in [6.07, 6.45) is 4.15. The Kier molecular flexibility index (Phi) is 6.62. The molecule has 1 heterocycles. The molecule has 0 aromatic heterocycles. The molecule has 1 aliphatic heterocycles. The third kappa shape index (κ3) is 5.10. The molecule has 0 saturated carbocycles. The van der Waals surface area contributed by atoms with Gasteiger partial charge < -0.3 is 10.1 Å². The average Bonchev–Trinajstić information content (AvgIpc) is 3.26. The minimum atomic E-state index is -3.51. The third-order valence-electron chi connectivity index (χ3n) is 6.22. The van der Waals surface area contributed by atoms with E-state index in [-0.39, 0.29) is 11.8 Å². The molecule has 0 spiro atoms. The van der Waals surface area contributed by atoms with Crippen LogP contribution in [0.2, 0.25) is 0 Å². The van der Waals surface area contributed by atoms with E-state index < -0.39 is 10.0 Å². The Morgan fingerprint density at radius 3 is 2.52 bits per heavy atom. The van der Waals surface area contributed by atoms with Crippen LogP contribution in [0.25, 0.3) is 0 Å². The predicted octanol–water partition coefficient (Wildman–Crippen LogP) is 3.08. The zero-order valence-electron chi connectivity index (χ0n) is 18.0. The molecule has 7 heteroatoms. The summed E-state index contributed by atoms with van der Waals surface area (Å²) >= 11 is 0. The van der Waals surface area contributed by atoms with E-state index in [4.69, 9.17) is 4.74 Å². The van der Waals surface area contributed by atoms with E-state index in [0.717, 1.165) is 30.6 Å². The number of nitrogens with one attached hydrogen (secondary N) is 1. The molecule has 166 valence electrons. The second-order valence-corrected chi connectivity index (χ2v) is 10.4. The Bertz CT molecular complexity index is 1030. The fraction of sp³-hybridized carbons (Fsp3) is 0.458. The molecule has 0 atom stereocenters. The molecular weight excluding hydrogens is 412 g/mol. The van der Waals surface area contributed by atoms with Gasteiger partial charge in [-0.25, -0.2) is 8.42 Å². The first-order valence-corrected chi connectivity index (χ1v) is 12.5. The maximum atomic E-state index is 13.0. The van der Waals surface area contributed by atoms with E-state index in [2.05, 4.69) is 5.32 Å². The average molecular weight is 443 g/mol. The number of nitrogens with zero attached hydrogens (tertiary/aromatic N) is 1. The molecule has 2 aromatic carbocycles. The van der Waals surface area contributed by atoms with Gasteiger partial charge >= 0.3 is 0 Å². The molecule has 31 heavy (non-hydrogen) atoms. The number of hydrogen-bond acceptors (Lipinski definition) is 4. The fourth-order valence-electron chi connectivity index (χ4n) is 4.34. The highest BCUT2D eigenvalue weighted by Crippen LogP contribution is 2.28. The van der Waals surface area contributed by atoms with E-state index in [1.807, 2.05) is 43.3 Å². The monoisotopic (exact) mass is 442 g/mol. The summed E-state index contributed by atoms with van der Waals surface area (Å²) in [4.78, 5) is 12.9. The normalized spacial score (nSPS) is 17.3. The van der Waals surface area contributed by atoms with Gasteiger partial charge in [-0.2, -0.15) is 4.31 Å². The molecule has 1 saturated heterocycles. The van der Waals surface area contributed by atoms with Crippen LogP contribution in [0.15, 0.2) is 47.4 Å². The van der Waals surface area contributed by atoms with Crippen LogP contribution in [0.5, 0.6) is 5.75 Å². The molecule has 6 nitrogen and oxygen atoms in total. The SMILES string of the molecule is Cc1ccc(OCCNC(=O)C2CCN(S(=O)(=O)c3ccc4c(c3)CCC4)CC2)cc1. The van der Waals surface area contributed by atoms with Gasteiger partial charge in [0, 0.05) is 19.0 Å². The van der Waals surface area contributed by atoms with Crippen molar-refractivity contribution in [2.24, 2.45) is 5.92 Å². The number of carbonyl (C=O) groups is 1. The fourth-order valence-corrected chi connectivity index (χ4v) is 5.86. The summed E-state index contributed by atoms with van der Waals surface area (Å²) in [5.74, 6) is 0.595. The number of benzene rings is 2. The lowest BCUT2D eigenvalue weighted by Gasteiger charge is -2.30. The van der Waals surface area contributed by atoms with Crippen molar-refractivity contribution in [3.63, 3.8) is 0 Å². The van der Waals surface area contributed by atoms with Gasteiger partial charge in [-0.05, 0) is 74.4 Å². The highest BCUT2D eigenvalue weighted by Gasteiger charge is 2.32. The summed E-state index contributed by atoms with van der Waals surface area (Å²) in [6.45, 7) is 3.60. The van der Waals surface area contributed by atoms with Crippen molar-refractivity contribution in [1.29, 1.82) is 0 Å². The zero-order valence-corrected chi connectivity index (χ0v) is 18.8. The lowest BCUT2D eigenvalue weighted by molar-refractivity contribution is -0.126. The Morgan fingerprint density at radius 1 is 1.06 bits per heavy atom. The molecule has 1 N–H and O–H groups in total. The van der Waals surface area contributed by atoms with Crippen molar-refractivity contribution in [1.82, 2.24) is 9.62 Å². The van der Waals surface area contributed by atoms with Crippen molar-refractivity contribution in [2.75, 3.05) is 26.2 Å². The topological polar surface area (TPSA) is 75.7 Å².